The van der Waals surface area contributed by atoms with E-state index in [1.165, 1.54) is 36.9 Å². The molecule has 2 aliphatic carbocycles. The van der Waals surface area contributed by atoms with Crippen LogP contribution in [-0.4, -0.2) is 18.9 Å². The molecule has 1 fully saturated rings. The SMILES string of the molecule is CCN(CC)c1ccc2c(c1)C1(CCCC1)CCC2=O. The molecule has 2 heteroatoms. The lowest BCUT2D eigenvalue weighted by molar-refractivity contribution is 0.0951. The summed E-state index contributed by atoms with van der Waals surface area (Å²) in [6.45, 7) is 6.44. The summed E-state index contributed by atoms with van der Waals surface area (Å²) >= 11 is 0. The quantitative estimate of drug-likeness (QED) is 0.816. The molecule has 0 atom stereocenters. The third-order valence-corrected chi connectivity index (χ3v) is 5.39. The van der Waals surface area contributed by atoms with E-state index >= 15 is 0 Å². The molecule has 1 aromatic rings. The standard InChI is InChI=1S/C18H25NO/c1-3-19(4-2)14-7-8-15-16(13-14)18(10-5-6-11-18)12-9-17(15)20/h7-8,13H,3-6,9-12H2,1-2H3. The van der Waals surface area contributed by atoms with E-state index in [0.29, 0.717) is 11.2 Å². The molecule has 0 radical (unpaired) electrons. The monoisotopic (exact) mass is 271 g/mol. The average molecular weight is 271 g/mol. The maximum absolute atomic E-state index is 12.2. The molecular formula is C18H25NO. The van der Waals surface area contributed by atoms with Gasteiger partial charge in [-0.2, -0.15) is 0 Å². The number of Topliss-reactive ketones (excluding diaryl/α,β-unsaturated/α-hetero) is 1. The molecule has 20 heavy (non-hydrogen) atoms. The Morgan fingerprint density at radius 1 is 1.10 bits per heavy atom. The van der Waals surface area contributed by atoms with Crippen molar-refractivity contribution in [2.24, 2.45) is 0 Å². The van der Waals surface area contributed by atoms with Crippen molar-refractivity contribution < 1.29 is 4.79 Å². The molecule has 2 aliphatic rings. The fourth-order valence-electron chi connectivity index (χ4n) is 4.19. The number of benzene rings is 1. The van der Waals surface area contributed by atoms with Gasteiger partial charge in [0, 0.05) is 30.8 Å². The summed E-state index contributed by atoms with van der Waals surface area (Å²) in [5.41, 5.74) is 3.96. The van der Waals surface area contributed by atoms with Crippen molar-refractivity contribution in [2.75, 3.05) is 18.0 Å². The molecule has 0 heterocycles. The highest BCUT2D eigenvalue weighted by Gasteiger charge is 2.41. The number of anilines is 1. The lowest BCUT2D eigenvalue weighted by atomic mass is 9.68. The van der Waals surface area contributed by atoms with E-state index in [9.17, 15) is 4.79 Å². The van der Waals surface area contributed by atoms with E-state index in [2.05, 4.69) is 36.9 Å². The van der Waals surface area contributed by atoms with Gasteiger partial charge in [-0.1, -0.05) is 12.8 Å². The van der Waals surface area contributed by atoms with Crippen LogP contribution in [0.25, 0.3) is 0 Å². The van der Waals surface area contributed by atoms with Crippen LogP contribution in [-0.2, 0) is 5.41 Å². The Kier molecular flexibility index (Phi) is 3.57. The van der Waals surface area contributed by atoms with Crippen molar-refractivity contribution in [3.8, 4) is 0 Å². The van der Waals surface area contributed by atoms with E-state index in [1.807, 2.05) is 0 Å². The van der Waals surface area contributed by atoms with E-state index < -0.39 is 0 Å². The van der Waals surface area contributed by atoms with Crippen LogP contribution in [0.5, 0.6) is 0 Å². The molecule has 1 spiro atoms. The van der Waals surface area contributed by atoms with Crippen LogP contribution in [0.4, 0.5) is 5.69 Å². The van der Waals surface area contributed by atoms with Crippen molar-refractivity contribution in [3.63, 3.8) is 0 Å². The fraction of sp³-hybridized carbons (Fsp3) is 0.611. The van der Waals surface area contributed by atoms with Gasteiger partial charge in [-0.05, 0) is 62.3 Å². The Hall–Kier alpha value is -1.31. The lowest BCUT2D eigenvalue weighted by Gasteiger charge is -2.36. The smallest absolute Gasteiger partial charge is 0.163 e. The molecule has 0 saturated heterocycles. The number of nitrogens with zero attached hydrogens (tertiary/aromatic N) is 1. The number of ketones is 1. The van der Waals surface area contributed by atoms with Gasteiger partial charge in [0.1, 0.15) is 0 Å². The van der Waals surface area contributed by atoms with Gasteiger partial charge < -0.3 is 4.90 Å². The van der Waals surface area contributed by atoms with Crippen LogP contribution in [0.3, 0.4) is 0 Å². The van der Waals surface area contributed by atoms with Gasteiger partial charge in [0.15, 0.2) is 5.78 Å². The molecule has 1 saturated carbocycles. The largest absolute Gasteiger partial charge is 0.372 e. The second-order valence-corrected chi connectivity index (χ2v) is 6.31. The summed E-state index contributed by atoms with van der Waals surface area (Å²) in [5, 5.41) is 0. The number of hydrogen-bond donors (Lipinski definition) is 0. The molecule has 2 nitrogen and oxygen atoms in total. The van der Waals surface area contributed by atoms with Crippen LogP contribution in [0.1, 0.15) is 68.3 Å². The Balaban J connectivity index is 2.08. The van der Waals surface area contributed by atoms with Crippen molar-refractivity contribution in [1.82, 2.24) is 0 Å². The Bertz CT molecular complexity index is 510. The number of rotatable bonds is 3. The summed E-state index contributed by atoms with van der Waals surface area (Å²) < 4.78 is 0. The van der Waals surface area contributed by atoms with Gasteiger partial charge in [-0.15, -0.1) is 0 Å². The summed E-state index contributed by atoms with van der Waals surface area (Å²) in [6.07, 6.45) is 7.01. The fourth-order valence-corrected chi connectivity index (χ4v) is 4.19. The zero-order chi connectivity index (χ0) is 14.2. The van der Waals surface area contributed by atoms with Crippen LogP contribution in [0.15, 0.2) is 18.2 Å². The van der Waals surface area contributed by atoms with Crippen LogP contribution >= 0.6 is 0 Å². The molecule has 1 aromatic carbocycles. The first-order valence-corrected chi connectivity index (χ1v) is 8.13. The predicted molar refractivity (Wildman–Crippen MR) is 83.7 cm³/mol. The van der Waals surface area contributed by atoms with Crippen LogP contribution in [0, 0.1) is 0 Å². The summed E-state index contributed by atoms with van der Waals surface area (Å²) in [4.78, 5) is 14.6. The average Bonchev–Trinajstić information content (AvgIpc) is 2.94. The second-order valence-electron chi connectivity index (χ2n) is 6.31. The van der Waals surface area contributed by atoms with Crippen molar-refractivity contribution >= 4 is 11.5 Å². The third-order valence-electron chi connectivity index (χ3n) is 5.39. The normalized spacial score (nSPS) is 20.2. The van der Waals surface area contributed by atoms with E-state index in [4.69, 9.17) is 0 Å². The van der Waals surface area contributed by atoms with E-state index in [0.717, 1.165) is 31.5 Å². The number of carbonyl (C=O) groups is 1. The van der Waals surface area contributed by atoms with Crippen molar-refractivity contribution in [3.05, 3.63) is 29.3 Å². The predicted octanol–water partition coefficient (Wildman–Crippen LogP) is 4.32. The first-order chi connectivity index (χ1) is 9.70. The minimum absolute atomic E-state index is 0.312. The lowest BCUT2D eigenvalue weighted by Crippen LogP contribution is -2.31. The highest BCUT2D eigenvalue weighted by molar-refractivity contribution is 5.99. The number of hydrogen-bond acceptors (Lipinski definition) is 2. The molecule has 0 aliphatic heterocycles. The molecule has 108 valence electrons. The Labute approximate surface area is 122 Å². The van der Waals surface area contributed by atoms with Crippen molar-refractivity contribution in [1.29, 1.82) is 0 Å². The maximum Gasteiger partial charge on any atom is 0.163 e. The van der Waals surface area contributed by atoms with Gasteiger partial charge in [0.05, 0.1) is 0 Å². The number of fused-ring (bicyclic) bond motifs is 2. The van der Waals surface area contributed by atoms with Crippen molar-refractivity contribution in [2.45, 2.75) is 57.8 Å². The summed E-state index contributed by atoms with van der Waals surface area (Å²) in [5.74, 6) is 0.351. The van der Waals surface area contributed by atoms with E-state index in [1.54, 1.807) is 0 Å². The molecule has 0 amide bonds. The zero-order valence-electron chi connectivity index (χ0n) is 12.7. The summed E-state index contributed by atoms with van der Waals surface area (Å²) in [7, 11) is 0. The molecule has 0 N–H and O–H groups in total. The molecule has 0 aromatic heterocycles. The zero-order valence-corrected chi connectivity index (χ0v) is 12.7. The van der Waals surface area contributed by atoms with Gasteiger partial charge in [0.25, 0.3) is 0 Å². The Morgan fingerprint density at radius 3 is 2.45 bits per heavy atom. The van der Waals surface area contributed by atoms with Gasteiger partial charge in [-0.25, -0.2) is 0 Å². The van der Waals surface area contributed by atoms with Gasteiger partial charge >= 0.3 is 0 Å². The third kappa shape index (κ3) is 2.06. The molecule has 3 rings (SSSR count). The van der Waals surface area contributed by atoms with Gasteiger partial charge in [-0.3, -0.25) is 4.79 Å². The van der Waals surface area contributed by atoms with E-state index in [-0.39, 0.29) is 0 Å². The Morgan fingerprint density at radius 2 is 1.80 bits per heavy atom. The molecular weight excluding hydrogens is 246 g/mol. The van der Waals surface area contributed by atoms with Gasteiger partial charge in [0.2, 0.25) is 0 Å². The minimum Gasteiger partial charge on any atom is -0.372 e. The first-order valence-electron chi connectivity index (χ1n) is 8.13. The highest BCUT2D eigenvalue weighted by Crippen LogP contribution is 2.49. The van der Waals surface area contributed by atoms with Crippen LogP contribution in [0.2, 0.25) is 0 Å². The molecule has 0 bridgehead atoms. The topological polar surface area (TPSA) is 20.3 Å². The number of carbonyl (C=O) groups excluding carboxylic acids is 1. The maximum atomic E-state index is 12.2. The first kappa shape index (κ1) is 13.7. The molecule has 0 unspecified atom stereocenters. The van der Waals surface area contributed by atoms with Crippen LogP contribution < -0.4 is 4.90 Å². The second kappa shape index (κ2) is 5.23. The highest BCUT2D eigenvalue weighted by atomic mass is 16.1. The minimum atomic E-state index is 0.312. The summed E-state index contributed by atoms with van der Waals surface area (Å²) in [6, 6.07) is 6.55.